The Balaban J connectivity index is 1.14. The van der Waals surface area contributed by atoms with Crippen molar-refractivity contribution in [3.05, 3.63) is 64.5 Å². The van der Waals surface area contributed by atoms with E-state index in [4.69, 9.17) is 0 Å². The molecule has 2 aromatic carbocycles. The first kappa shape index (κ1) is 22.8. The fourth-order valence-electron chi connectivity index (χ4n) is 5.94. The number of amides is 4. The predicted octanol–water partition coefficient (Wildman–Crippen LogP) is 2.82. The van der Waals surface area contributed by atoms with Gasteiger partial charge in [0.2, 0.25) is 11.8 Å². The second kappa shape index (κ2) is 8.51. The molecule has 9 heteroatoms. The first-order valence-corrected chi connectivity index (χ1v) is 12.4. The molecule has 2 aromatic rings. The van der Waals surface area contributed by atoms with E-state index in [0.29, 0.717) is 28.8 Å². The number of imide groups is 2. The minimum atomic E-state index is -1.02. The van der Waals surface area contributed by atoms with Crippen molar-refractivity contribution in [1.29, 1.82) is 0 Å². The summed E-state index contributed by atoms with van der Waals surface area (Å²) in [6.07, 6.45) is 4.06. The van der Waals surface area contributed by atoms with E-state index in [1.165, 1.54) is 25.3 Å². The molecule has 8 nitrogen and oxygen atoms in total. The summed E-state index contributed by atoms with van der Waals surface area (Å²) in [6, 6.07) is 9.06. The highest BCUT2D eigenvalue weighted by molar-refractivity contribution is 6.25. The molecule has 6 rings (SSSR count). The van der Waals surface area contributed by atoms with Crippen LogP contribution in [0.5, 0.6) is 0 Å². The number of rotatable bonds is 6. The monoisotopic (exact) mass is 490 g/mol. The highest BCUT2D eigenvalue weighted by atomic mass is 19.1. The van der Waals surface area contributed by atoms with E-state index in [1.807, 2.05) is 12.1 Å². The minimum Gasteiger partial charge on any atom is -0.380 e. The summed E-state index contributed by atoms with van der Waals surface area (Å²) in [5.41, 5.74) is 2.72. The Morgan fingerprint density at radius 1 is 1.06 bits per heavy atom. The topological polar surface area (TPSA) is 98.8 Å². The molecule has 0 aromatic heterocycles. The number of carbonyl (C=O) groups is 4. The molecular weight excluding hydrogens is 463 g/mol. The Bertz CT molecular complexity index is 1300. The van der Waals surface area contributed by atoms with Crippen LogP contribution in [-0.4, -0.2) is 52.6 Å². The van der Waals surface area contributed by atoms with Crippen LogP contribution >= 0.6 is 0 Å². The minimum absolute atomic E-state index is 0.0646. The number of nitrogens with zero attached hydrogens (tertiary/aromatic N) is 2. The van der Waals surface area contributed by atoms with Crippen LogP contribution in [0.25, 0.3) is 0 Å². The molecule has 36 heavy (non-hydrogen) atoms. The van der Waals surface area contributed by atoms with Gasteiger partial charge >= 0.3 is 0 Å². The molecule has 2 saturated heterocycles. The van der Waals surface area contributed by atoms with Crippen molar-refractivity contribution in [2.24, 2.45) is 5.41 Å². The molecule has 3 heterocycles. The predicted molar refractivity (Wildman–Crippen MR) is 128 cm³/mol. The second-order valence-electron chi connectivity index (χ2n) is 10.5. The molecule has 3 aliphatic heterocycles. The van der Waals surface area contributed by atoms with Gasteiger partial charge in [-0.2, -0.15) is 0 Å². The molecule has 1 unspecified atom stereocenters. The molecule has 1 aliphatic carbocycles. The molecule has 0 radical (unpaired) electrons. The standard InChI is InChI=1S/C27H27FN4O4/c28-19-11-16(5-6-17(19)13-31-14-27(15-31)9-2-10-27)12-29-20-4-1-3-18-23(20)26(36)32(25(18)35)21-7-8-22(33)30-24(21)34/h1,3-6,11,21,29H,2,7-10,12-15H2,(H,30,33,34). The lowest BCUT2D eigenvalue weighted by Gasteiger charge is -2.56. The van der Waals surface area contributed by atoms with Gasteiger partial charge in [0.25, 0.3) is 11.8 Å². The summed E-state index contributed by atoms with van der Waals surface area (Å²) in [6.45, 7) is 2.98. The number of halogens is 1. The van der Waals surface area contributed by atoms with Crippen molar-refractivity contribution in [2.45, 2.75) is 51.2 Å². The van der Waals surface area contributed by atoms with Gasteiger partial charge in [0.05, 0.1) is 11.1 Å². The smallest absolute Gasteiger partial charge is 0.264 e. The third-order valence-electron chi connectivity index (χ3n) is 7.99. The number of piperidine rings is 1. The van der Waals surface area contributed by atoms with Crippen LogP contribution in [0.15, 0.2) is 36.4 Å². The van der Waals surface area contributed by atoms with Crippen molar-refractivity contribution in [1.82, 2.24) is 15.1 Å². The van der Waals surface area contributed by atoms with E-state index in [2.05, 4.69) is 15.5 Å². The summed E-state index contributed by atoms with van der Waals surface area (Å²) in [5.74, 6) is -2.45. The Labute approximate surface area is 207 Å². The number of carbonyl (C=O) groups excluding carboxylic acids is 4. The van der Waals surface area contributed by atoms with Gasteiger partial charge in [-0.15, -0.1) is 0 Å². The highest BCUT2D eigenvalue weighted by Crippen LogP contribution is 2.48. The van der Waals surface area contributed by atoms with Crippen LogP contribution in [0.3, 0.4) is 0 Å². The quantitative estimate of drug-likeness (QED) is 0.605. The van der Waals surface area contributed by atoms with Crippen molar-refractivity contribution in [3.63, 3.8) is 0 Å². The summed E-state index contributed by atoms with van der Waals surface area (Å²) in [7, 11) is 0. The van der Waals surface area contributed by atoms with Gasteiger partial charge in [-0.1, -0.05) is 24.6 Å². The van der Waals surface area contributed by atoms with E-state index >= 15 is 0 Å². The molecule has 0 bridgehead atoms. The first-order chi connectivity index (χ1) is 17.3. The lowest BCUT2D eigenvalue weighted by atomic mass is 9.63. The number of anilines is 1. The molecule has 4 amide bonds. The Hall–Kier alpha value is -3.59. The van der Waals surface area contributed by atoms with E-state index in [-0.39, 0.29) is 36.3 Å². The van der Waals surface area contributed by atoms with Gasteiger partial charge in [-0.3, -0.25) is 34.3 Å². The van der Waals surface area contributed by atoms with Gasteiger partial charge in [0.1, 0.15) is 11.9 Å². The third kappa shape index (κ3) is 3.78. The fraction of sp³-hybridized carbons (Fsp3) is 0.407. The Kier molecular flexibility index (Phi) is 5.40. The van der Waals surface area contributed by atoms with E-state index in [9.17, 15) is 23.6 Å². The zero-order valence-corrected chi connectivity index (χ0v) is 19.8. The van der Waals surface area contributed by atoms with Crippen LogP contribution in [0.4, 0.5) is 10.1 Å². The maximum atomic E-state index is 14.8. The van der Waals surface area contributed by atoms with Crippen LogP contribution < -0.4 is 10.6 Å². The molecule has 1 saturated carbocycles. The van der Waals surface area contributed by atoms with Gasteiger partial charge in [0, 0.05) is 43.9 Å². The van der Waals surface area contributed by atoms with E-state index < -0.39 is 29.7 Å². The van der Waals surface area contributed by atoms with Crippen molar-refractivity contribution in [3.8, 4) is 0 Å². The number of nitrogens with one attached hydrogen (secondary N) is 2. The highest BCUT2D eigenvalue weighted by Gasteiger charge is 2.47. The maximum Gasteiger partial charge on any atom is 0.264 e. The molecule has 1 atom stereocenters. The van der Waals surface area contributed by atoms with Crippen LogP contribution in [-0.2, 0) is 22.7 Å². The zero-order chi connectivity index (χ0) is 25.0. The van der Waals surface area contributed by atoms with Crippen LogP contribution in [0.1, 0.15) is 63.9 Å². The molecule has 4 aliphatic rings. The van der Waals surface area contributed by atoms with Gasteiger partial charge in [0.15, 0.2) is 0 Å². The van der Waals surface area contributed by atoms with Gasteiger partial charge in [-0.05, 0) is 48.4 Å². The number of fused-ring (bicyclic) bond motifs is 1. The summed E-state index contributed by atoms with van der Waals surface area (Å²) in [4.78, 5) is 53.2. The summed E-state index contributed by atoms with van der Waals surface area (Å²) in [5, 5.41) is 5.35. The first-order valence-electron chi connectivity index (χ1n) is 12.4. The molecule has 2 N–H and O–H groups in total. The second-order valence-corrected chi connectivity index (χ2v) is 10.5. The van der Waals surface area contributed by atoms with Crippen molar-refractivity contribution >= 4 is 29.3 Å². The average Bonchev–Trinajstić information content (AvgIpc) is 3.05. The summed E-state index contributed by atoms with van der Waals surface area (Å²) >= 11 is 0. The van der Waals surface area contributed by atoms with Crippen molar-refractivity contribution < 1.29 is 23.6 Å². The van der Waals surface area contributed by atoms with Crippen molar-refractivity contribution in [2.75, 3.05) is 18.4 Å². The number of hydrogen-bond acceptors (Lipinski definition) is 6. The number of likely N-dealkylation sites (tertiary alicyclic amines) is 1. The third-order valence-corrected chi connectivity index (χ3v) is 7.99. The van der Waals surface area contributed by atoms with E-state index in [0.717, 1.165) is 18.0 Å². The fourth-order valence-corrected chi connectivity index (χ4v) is 5.94. The van der Waals surface area contributed by atoms with Crippen LogP contribution in [0, 0.1) is 11.2 Å². The van der Waals surface area contributed by atoms with E-state index in [1.54, 1.807) is 18.2 Å². The SMILES string of the molecule is O=C1CCC(N2C(=O)c3cccc(NCc4ccc(CN5CC6(CCC6)C5)c(F)c4)c3C2=O)C(=O)N1. The molecule has 186 valence electrons. The lowest BCUT2D eigenvalue weighted by molar-refractivity contribution is -0.136. The number of hydrogen-bond donors (Lipinski definition) is 2. The Morgan fingerprint density at radius 3 is 2.56 bits per heavy atom. The molecular formula is C27H27FN4O4. The zero-order valence-electron chi connectivity index (χ0n) is 19.8. The number of benzene rings is 2. The van der Waals surface area contributed by atoms with Gasteiger partial charge < -0.3 is 5.32 Å². The lowest BCUT2D eigenvalue weighted by Crippen LogP contribution is -2.59. The summed E-state index contributed by atoms with van der Waals surface area (Å²) < 4.78 is 14.8. The van der Waals surface area contributed by atoms with Crippen LogP contribution in [0.2, 0.25) is 0 Å². The molecule has 1 spiro atoms. The largest absolute Gasteiger partial charge is 0.380 e. The molecule has 3 fully saturated rings. The van der Waals surface area contributed by atoms with Gasteiger partial charge in [-0.25, -0.2) is 4.39 Å². The normalized spacial score (nSPS) is 22.8. The average molecular weight is 491 g/mol. The Morgan fingerprint density at radius 2 is 1.86 bits per heavy atom. The maximum absolute atomic E-state index is 14.8.